The number of hydrogen-bond donors (Lipinski definition) is 2. The van der Waals surface area contributed by atoms with E-state index in [4.69, 9.17) is 4.74 Å². The van der Waals surface area contributed by atoms with Crippen molar-refractivity contribution < 1.29 is 19.1 Å². The maximum Gasteiger partial charge on any atom is 0.341 e. The molecule has 1 atom stereocenters. The van der Waals surface area contributed by atoms with Gasteiger partial charge >= 0.3 is 12.0 Å². The van der Waals surface area contributed by atoms with Gasteiger partial charge in [-0.15, -0.1) is 0 Å². The van der Waals surface area contributed by atoms with E-state index in [1.54, 1.807) is 13.8 Å². The first-order valence-corrected chi connectivity index (χ1v) is 5.73. The molecule has 1 aromatic rings. The number of aromatic nitrogens is 2. The molecule has 0 radical (unpaired) electrons. The molecule has 1 heterocycles. The van der Waals surface area contributed by atoms with E-state index in [2.05, 4.69) is 15.7 Å². The minimum atomic E-state index is -0.722. The average molecular weight is 268 g/mol. The highest BCUT2D eigenvalue weighted by Crippen LogP contribution is 2.08. The summed E-state index contributed by atoms with van der Waals surface area (Å²) < 4.78 is 6.09. The van der Waals surface area contributed by atoms with Crippen LogP contribution in [0.15, 0.2) is 12.4 Å². The summed E-state index contributed by atoms with van der Waals surface area (Å²) in [7, 11) is 1.40. The second kappa shape index (κ2) is 6.53. The largest absolute Gasteiger partial charge is 0.462 e. The number of urea groups is 1. The first-order valence-electron chi connectivity index (χ1n) is 5.73. The number of nitrogens with one attached hydrogen (secondary N) is 2. The van der Waals surface area contributed by atoms with Crippen LogP contribution in [-0.4, -0.2) is 41.3 Å². The Morgan fingerprint density at radius 1 is 1.47 bits per heavy atom. The van der Waals surface area contributed by atoms with E-state index in [9.17, 15) is 14.4 Å². The standard InChI is InChI=1S/C11H16N4O4/c1-4-19-10(17)8-5-13-15(6-8)7(2)9(16)14-11(18)12-3/h5-7H,4H2,1-3H3,(H2,12,14,16,18). The molecule has 3 amide bonds. The minimum Gasteiger partial charge on any atom is -0.462 e. The third-order valence-corrected chi connectivity index (χ3v) is 2.35. The van der Waals surface area contributed by atoms with Crippen LogP contribution in [0.5, 0.6) is 0 Å². The lowest BCUT2D eigenvalue weighted by Crippen LogP contribution is -2.40. The quantitative estimate of drug-likeness (QED) is 0.753. The lowest BCUT2D eigenvalue weighted by Gasteiger charge is -2.11. The molecule has 0 aliphatic rings. The van der Waals surface area contributed by atoms with Crippen LogP contribution in [0.25, 0.3) is 0 Å². The van der Waals surface area contributed by atoms with Crippen molar-refractivity contribution in [2.24, 2.45) is 0 Å². The number of esters is 1. The summed E-state index contributed by atoms with van der Waals surface area (Å²) in [5, 5.41) is 8.29. The van der Waals surface area contributed by atoms with Gasteiger partial charge < -0.3 is 10.1 Å². The van der Waals surface area contributed by atoms with Crippen molar-refractivity contribution in [3.8, 4) is 0 Å². The fourth-order valence-electron chi connectivity index (χ4n) is 1.27. The molecule has 1 aromatic heterocycles. The van der Waals surface area contributed by atoms with Crippen molar-refractivity contribution in [1.29, 1.82) is 0 Å². The summed E-state index contributed by atoms with van der Waals surface area (Å²) in [5.41, 5.74) is 0.251. The molecule has 0 aliphatic carbocycles. The monoisotopic (exact) mass is 268 g/mol. The summed E-state index contributed by atoms with van der Waals surface area (Å²) in [4.78, 5) is 34.1. The van der Waals surface area contributed by atoms with E-state index in [1.165, 1.54) is 24.1 Å². The molecule has 0 spiro atoms. The Kier molecular flexibility index (Phi) is 5.04. The fourth-order valence-corrected chi connectivity index (χ4v) is 1.27. The molecule has 0 aliphatic heterocycles. The van der Waals surface area contributed by atoms with Gasteiger partial charge in [0.1, 0.15) is 6.04 Å². The summed E-state index contributed by atoms with van der Waals surface area (Å²) in [5.74, 6) is -1.04. The van der Waals surface area contributed by atoms with Crippen LogP contribution in [-0.2, 0) is 9.53 Å². The zero-order valence-corrected chi connectivity index (χ0v) is 11.0. The fraction of sp³-hybridized carbons (Fsp3) is 0.455. The van der Waals surface area contributed by atoms with Crippen LogP contribution in [0.1, 0.15) is 30.2 Å². The second-order valence-corrected chi connectivity index (χ2v) is 3.67. The summed E-state index contributed by atoms with van der Waals surface area (Å²) in [6.07, 6.45) is 2.70. The molecule has 0 bridgehead atoms. The number of hydrogen-bond acceptors (Lipinski definition) is 5. The van der Waals surface area contributed by atoms with E-state index in [0.717, 1.165) is 0 Å². The van der Waals surface area contributed by atoms with Crippen molar-refractivity contribution in [1.82, 2.24) is 20.4 Å². The van der Waals surface area contributed by atoms with Crippen LogP contribution >= 0.6 is 0 Å². The molecule has 0 saturated carbocycles. The lowest BCUT2D eigenvalue weighted by molar-refractivity contribution is -0.123. The van der Waals surface area contributed by atoms with Crippen molar-refractivity contribution >= 4 is 17.9 Å². The lowest BCUT2D eigenvalue weighted by atomic mass is 10.3. The molecule has 104 valence electrons. The Morgan fingerprint density at radius 3 is 2.74 bits per heavy atom. The van der Waals surface area contributed by atoms with Crippen LogP contribution in [0, 0.1) is 0 Å². The molecular formula is C11H16N4O4. The second-order valence-electron chi connectivity index (χ2n) is 3.67. The number of amides is 3. The van der Waals surface area contributed by atoms with Crippen LogP contribution < -0.4 is 10.6 Å². The molecule has 2 N–H and O–H groups in total. The molecular weight excluding hydrogens is 252 g/mol. The molecule has 19 heavy (non-hydrogen) atoms. The van der Waals surface area contributed by atoms with E-state index < -0.39 is 23.9 Å². The Balaban J connectivity index is 2.72. The zero-order valence-electron chi connectivity index (χ0n) is 11.0. The van der Waals surface area contributed by atoms with E-state index >= 15 is 0 Å². The molecule has 0 aromatic carbocycles. The third kappa shape index (κ3) is 3.80. The van der Waals surface area contributed by atoms with Gasteiger partial charge in [-0.05, 0) is 13.8 Å². The van der Waals surface area contributed by atoms with E-state index in [1.807, 2.05) is 0 Å². The SMILES string of the molecule is CCOC(=O)c1cnn(C(C)C(=O)NC(=O)NC)c1. The van der Waals surface area contributed by atoms with Crippen LogP contribution in [0.4, 0.5) is 4.79 Å². The number of carbonyl (C=O) groups excluding carboxylic acids is 3. The summed E-state index contributed by atoms with van der Waals surface area (Å²) >= 11 is 0. The molecule has 1 unspecified atom stereocenters. The number of ether oxygens (including phenoxy) is 1. The highest BCUT2D eigenvalue weighted by Gasteiger charge is 2.19. The van der Waals surface area contributed by atoms with Gasteiger partial charge in [-0.25, -0.2) is 9.59 Å². The highest BCUT2D eigenvalue weighted by molar-refractivity contribution is 5.96. The first-order chi connectivity index (χ1) is 8.99. The Hall–Kier alpha value is -2.38. The predicted octanol–water partition coefficient (Wildman–Crippen LogP) is 0.0764. The van der Waals surface area contributed by atoms with Gasteiger partial charge in [-0.1, -0.05) is 0 Å². The van der Waals surface area contributed by atoms with Gasteiger partial charge in [0.15, 0.2) is 0 Å². The number of rotatable bonds is 4. The molecule has 8 nitrogen and oxygen atoms in total. The Labute approximate surface area is 110 Å². The zero-order chi connectivity index (χ0) is 14.4. The normalized spacial score (nSPS) is 11.5. The maximum atomic E-state index is 11.7. The summed E-state index contributed by atoms with van der Waals surface area (Å²) in [6.45, 7) is 3.51. The molecule has 0 saturated heterocycles. The number of nitrogens with zero attached hydrogens (tertiary/aromatic N) is 2. The predicted molar refractivity (Wildman–Crippen MR) is 65.5 cm³/mol. The van der Waals surface area contributed by atoms with Crippen molar-refractivity contribution in [3.05, 3.63) is 18.0 Å². The Morgan fingerprint density at radius 2 is 2.16 bits per heavy atom. The van der Waals surface area contributed by atoms with Gasteiger partial charge in [0.05, 0.1) is 18.4 Å². The van der Waals surface area contributed by atoms with Crippen molar-refractivity contribution in [3.63, 3.8) is 0 Å². The number of imide groups is 1. The number of carbonyl (C=O) groups is 3. The van der Waals surface area contributed by atoms with E-state index in [0.29, 0.717) is 0 Å². The maximum absolute atomic E-state index is 11.7. The first kappa shape index (κ1) is 14.7. The smallest absolute Gasteiger partial charge is 0.341 e. The topological polar surface area (TPSA) is 102 Å². The molecule has 1 rings (SSSR count). The molecule has 8 heteroatoms. The van der Waals surface area contributed by atoms with Crippen molar-refractivity contribution in [2.45, 2.75) is 19.9 Å². The van der Waals surface area contributed by atoms with Crippen molar-refractivity contribution in [2.75, 3.05) is 13.7 Å². The summed E-state index contributed by atoms with van der Waals surface area (Å²) in [6, 6.07) is -1.32. The van der Waals surface area contributed by atoms with Crippen LogP contribution in [0.2, 0.25) is 0 Å². The third-order valence-electron chi connectivity index (χ3n) is 2.35. The molecule has 0 fully saturated rings. The van der Waals surface area contributed by atoms with E-state index in [-0.39, 0.29) is 12.2 Å². The van der Waals surface area contributed by atoms with Gasteiger partial charge in [0.2, 0.25) is 0 Å². The van der Waals surface area contributed by atoms with Gasteiger partial charge in [-0.3, -0.25) is 14.8 Å². The van der Waals surface area contributed by atoms with Gasteiger partial charge in [0, 0.05) is 13.2 Å². The Bertz CT molecular complexity index is 483. The van der Waals surface area contributed by atoms with Gasteiger partial charge in [0.25, 0.3) is 5.91 Å². The highest BCUT2D eigenvalue weighted by atomic mass is 16.5. The minimum absolute atomic E-state index is 0.251. The van der Waals surface area contributed by atoms with Gasteiger partial charge in [-0.2, -0.15) is 5.10 Å². The van der Waals surface area contributed by atoms with Crippen LogP contribution in [0.3, 0.4) is 0 Å². The average Bonchev–Trinajstić information content (AvgIpc) is 2.87.